The van der Waals surface area contributed by atoms with Crippen LogP contribution in [0.2, 0.25) is 0 Å². The van der Waals surface area contributed by atoms with E-state index in [1.807, 2.05) is 18.5 Å². The number of nitrogens with zero attached hydrogens (tertiary/aromatic N) is 1. The number of allylic oxidation sites excluding steroid dienone is 1. The molecule has 1 aliphatic heterocycles. The van der Waals surface area contributed by atoms with Crippen molar-refractivity contribution in [2.75, 3.05) is 5.32 Å². The molecule has 1 heterocycles. The van der Waals surface area contributed by atoms with Gasteiger partial charge in [-0.2, -0.15) is 0 Å². The van der Waals surface area contributed by atoms with Gasteiger partial charge >= 0.3 is 0 Å². The lowest BCUT2D eigenvalue weighted by Crippen LogP contribution is -2.41. The molecule has 0 fully saturated rings. The first-order chi connectivity index (χ1) is 7.95. The SMILES string of the molecule is CC1(C)N=C/C=C\Nc2ccccc2C1(C)C. The van der Waals surface area contributed by atoms with Crippen LogP contribution in [0.3, 0.4) is 0 Å². The second-order valence-electron chi connectivity index (χ2n) is 5.51. The van der Waals surface area contributed by atoms with E-state index in [1.165, 1.54) is 5.56 Å². The Morgan fingerprint density at radius 2 is 1.76 bits per heavy atom. The summed E-state index contributed by atoms with van der Waals surface area (Å²) in [4.78, 5) is 4.68. The zero-order valence-corrected chi connectivity index (χ0v) is 11.0. The summed E-state index contributed by atoms with van der Waals surface area (Å²) in [6.45, 7) is 8.85. The first kappa shape index (κ1) is 11.9. The fourth-order valence-electron chi connectivity index (χ4n) is 2.06. The van der Waals surface area contributed by atoms with Crippen LogP contribution in [0.15, 0.2) is 41.5 Å². The van der Waals surface area contributed by atoms with E-state index in [-0.39, 0.29) is 11.0 Å². The number of nitrogens with one attached hydrogen (secondary N) is 1. The van der Waals surface area contributed by atoms with Crippen molar-refractivity contribution in [3.63, 3.8) is 0 Å². The second-order valence-corrected chi connectivity index (χ2v) is 5.51. The van der Waals surface area contributed by atoms with Crippen molar-refractivity contribution in [2.24, 2.45) is 4.99 Å². The first-order valence-corrected chi connectivity index (χ1v) is 6.01. The van der Waals surface area contributed by atoms with Gasteiger partial charge in [0.05, 0.1) is 5.54 Å². The van der Waals surface area contributed by atoms with Crippen LogP contribution in [0.4, 0.5) is 5.69 Å². The molecule has 0 saturated carbocycles. The Morgan fingerprint density at radius 3 is 2.53 bits per heavy atom. The minimum atomic E-state index is -0.139. The van der Waals surface area contributed by atoms with Crippen LogP contribution in [0.1, 0.15) is 33.3 Å². The Morgan fingerprint density at radius 1 is 1.06 bits per heavy atom. The van der Waals surface area contributed by atoms with Gasteiger partial charge in [0.1, 0.15) is 0 Å². The molecule has 1 N–H and O–H groups in total. The van der Waals surface area contributed by atoms with Crippen LogP contribution in [-0.4, -0.2) is 11.8 Å². The summed E-state index contributed by atoms with van der Waals surface area (Å²) in [5.41, 5.74) is 2.29. The monoisotopic (exact) mass is 228 g/mol. The fraction of sp³-hybridized carbons (Fsp3) is 0.400. The van der Waals surface area contributed by atoms with Crippen molar-refractivity contribution in [1.29, 1.82) is 0 Å². The molecule has 2 rings (SSSR count). The number of aliphatic imine (C=N–C) groups is 1. The molecule has 0 bridgehead atoms. The largest absolute Gasteiger partial charge is 0.361 e. The van der Waals surface area contributed by atoms with Gasteiger partial charge < -0.3 is 5.32 Å². The highest BCUT2D eigenvalue weighted by Gasteiger charge is 2.39. The highest BCUT2D eigenvalue weighted by molar-refractivity contribution is 5.73. The number of benzene rings is 1. The third kappa shape index (κ3) is 1.99. The van der Waals surface area contributed by atoms with Gasteiger partial charge in [0.2, 0.25) is 0 Å². The number of anilines is 1. The molecule has 0 atom stereocenters. The Kier molecular flexibility index (Phi) is 2.82. The summed E-state index contributed by atoms with van der Waals surface area (Å²) < 4.78 is 0. The molecule has 1 aromatic carbocycles. The third-order valence-electron chi connectivity index (χ3n) is 3.95. The molecular formula is C15H20N2. The zero-order chi connectivity index (χ0) is 12.5. The maximum absolute atomic E-state index is 4.68. The lowest BCUT2D eigenvalue weighted by molar-refractivity contribution is 0.311. The number of fused-ring (bicyclic) bond motifs is 1. The Hall–Kier alpha value is -1.57. The van der Waals surface area contributed by atoms with E-state index in [9.17, 15) is 0 Å². The van der Waals surface area contributed by atoms with Crippen molar-refractivity contribution in [2.45, 2.75) is 38.6 Å². The van der Waals surface area contributed by atoms with Crippen molar-refractivity contribution >= 4 is 11.9 Å². The Balaban J connectivity index is 2.63. The maximum Gasteiger partial charge on any atom is 0.0643 e. The summed E-state index contributed by atoms with van der Waals surface area (Å²) in [7, 11) is 0. The van der Waals surface area contributed by atoms with E-state index in [0.29, 0.717) is 0 Å². The van der Waals surface area contributed by atoms with Gasteiger partial charge in [-0.05, 0) is 31.6 Å². The molecule has 0 aliphatic carbocycles. The topological polar surface area (TPSA) is 24.4 Å². The van der Waals surface area contributed by atoms with Gasteiger partial charge in [0, 0.05) is 23.5 Å². The van der Waals surface area contributed by atoms with E-state index in [1.54, 1.807) is 0 Å². The number of hydrogen-bond acceptors (Lipinski definition) is 2. The van der Waals surface area contributed by atoms with Crippen LogP contribution in [0, 0.1) is 0 Å². The van der Waals surface area contributed by atoms with E-state index in [4.69, 9.17) is 0 Å². The van der Waals surface area contributed by atoms with Crippen LogP contribution < -0.4 is 5.32 Å². The van der Waals surface area contributed by atoms with E-state index >= 15 is 0 Å². The van der Waals surface area contributed by atoms with Gasteiger partial charge in [0.15, 0.2) is 0 Å². The smallest absolute Gasteiger partial charge is 0.0643 e. The molecule has 2 nitrogen and oxygen atoms in total. The highest BCUT2D eigenvalue weighted by atomic mass is 14.9. The fourth-order valence-corrected chi connectivity index (χ4v) is 2.06. The van der Waals surface area contributed by atoms with Crippen molar-refractivity contribution in [1.82, 2.24) is 0 Å². The molecular weight excluding hydrogens is 208 g/mol. The summed E-state index contributed by atoms with van der Waals surface area (Å²) in [5, 5.41) is 3.33. The zero-order valence-electron chi connectivity index (χ0n) is 11.0. The number of rotatable bonds is 0. The van der Waals surface area contributed by atoms with Gasteiger partial charge in [-0.3, -0.25) is 4.99 Å². The molecule has 0 unspecified atom stereocenters. The second kappa shape index (κ2) is 4.02. The minimum Gasteiger partial charge on any atom is -0.361 e. The lowest BCUT2D eigenvalue weighted by atomic mass is 9.69. The highest BCUT2D eigenvalue weighted by Crippen LogP contribution is 2.41. The van der Waals surface area contributed by atoms with Crippen molar-refractivity contribution in [3.05, 3.63) is 42.1 Å². The summed E-state index contributed by atoms with van der Waals surface area (Å²) in [5.74, 6) is 0. The predicted octanol–water partition coefficient (Wildman–Crippen LogP) is 3.75. The average Bonchev–Trinajstić information content (AvgIpc) is 2.31. The van der Waals surface area contributed by atoms with Gasteiger partial charge in [-0.25, -0.2) is 0 Å². The normalized spacial score (nSPS) is 22.6. The molecule has 0 saturated heterocycles. The number of hydrogen-bond donors (Lipinski definition) is 1. The van der Waals surface area contributed by atoms with Gasteiger partial charge in [-0.15, -0.1) is 0 Å². The molecule has 17 heavy (non-hydrogen) atoms. The van der Waals surface area contributed by atoms with Crippen molar-refractivity contribution in [3.8, 4) is 0 Å². The number of para-hydroxylation sites is 1. The quantitative estimate of drug-likeness (QED) is 0.718. The third-order valence-corrected chi connectivity index (χ3v) is 3.95. The predicted molar refractivity (Wildman–Crippen MR) is 74.8 cm³/mol. The molecule has 0 radical (unpaired) electrons. The van der Waals surface area contributed by atoms with E-state index in [2.05, 4.69) is 62.3 Å². The van der Waals surface area contributed by atoms with Gasteiger partial charge in [0.25, 0.3) is 0 Å². The van der Waals surface area contributed by atoms with Crippen LogP contribution in [0.5, 0.6) is 0 Å². The van der Waals surface area contributed by atoms with Gasteiger partial charge in [-0.1, -0.05) is 32.0 Å². The summed E-state index contributed by atoms with van der Waals surface area (Å²) in [6.07, 6.45) is 5.75. The molecule has 0 spiro atoms. The molecule has 1 aliphatic rings. The first-order valence-electron chi connectivity index (χ1n) is 6.01. The standard InChI is InChI=1S/C15H20N2/c1-14(2)12-8-5-6-9-13(12)16-10-7-11-17-15(14,3)4/h5-11,16H,1-4H3/b10-7-,17-11?. The Labute approximate surface area is 103 Å². The minimum absolute atomic E-state index is 0.0287. The molecule has 90 valence electrons. The molecule has 0 aromatic heterocycles. The van der Waals surface area contributed by atoms with Crippen molar-refractivity contribution < 1.29 is 0 Å². The van der Waals surface area contributed by atoms with E-state index < -0.39 is 0 Å². The molecule has 0 amide bonds. The average molecular weight is 228 g/mol. The maximum atomic E-state index is 4.68. The van der Waals surface area contributed by atoms with Crippen LogP contribution in [0.25, 0.3) is 0 Å². The van der Waals surface area contributed by atoms with Crippen LogP contribution >= 0.6 is 0 Å². The summed E-state index contributed by atoms with van der Waals surface area (Å²) >= 11 is 0. The Bertz CT molecular complexity index is 468. The molecule has 1 aromatic rings. The van der Waals surface area contributed by atoms with Crippen LogP contribution in [-0.2, 0) is 5.41 Å². The summed E-state index contributed by atoms with van der Waals surface area (Å²) in [6, 6.07) is 8.44. The molecule has 2 heteroatoms. The lowest BCUT2D eigenvalue weighted by Gasteiger charge is -2.39. The van der Waals surface area contributed by atoms with E-state index in [0.717, 1.165) is 5.69 Å².